The lowest BCUT2D eigenvalue weighted by Gasteiger charge is -2.15. The molecule has 4 aromatic rings. The van der Waals surface area contributed by atoms with Gasteiger partial charge in [-0.3, -0.25) is 9.36 Å². The summed E-state index contributed by atoms with van der Waals surface area (Å²) in [5.41, 5.74) is 11.8. The molecule has 0 aliphatic heterocycles. The summed E-state index contributed by atoms with van der Waals surface area (Å²) in [5, 5.41) is 10.0. The number of nitrogen functional groups attached to an aromatic ring is 2. The number of nitrogens with zero attached hydrogens (tertiary/aromatic N) is 4. The van der Waals surface area contributed by atoms with Gasteiger partial charge in [-0.05, 0) is 36.1 Å². The summed E-state index contributed by atoms with van der Waals surface area (Å²) < 4.78 is 20.2. The zero-order chi connectivity index (χ0) is 26.1. The molecule has 0 fully saturated rings. The highest BCUT2D eigenvalue weighted by molar-refractivity contribution is 6.35. The Morgan fingerprint density at radius 1 is 1.20 bits per heavy atom. The molecule has 182 valence electrons. The van der Waals surface area contributed by atoms with E-state index in [-0.39, 0.29) is 28.6 Å². The molecule has 4 N–H and O–H groups in total. The minimum Gasteiger partial charge on any atom is -0.494 e. The lowest BCUT2D eigenvalue weighted by molar-refractivity contribution is 0.386. The number of hydrogen-bond donors (Lipinski definition) is 2. The van der Waals surface area contributed by atoms with Gasteiger partial charge in [-0.1, -0.05) is 44.5 Å². The van der Waals surface area contributed by atoms with Crippen LogP contribution in [0.1, 0.15) is 32.0 Å². The van der Waals surface area contributed by atoms with E-state index in [0.29, 0.717) is 22.5 Å². The van der Waals surface area contributed by atoms with Crippen molar-refractivity contribution in [2.75, 3.05) is 18.6 Å². The summed E-state index contributed by atoms with van der Waals surface area (Å²) in [7, 11) is 1.39. The van der Waals surface area contributed by atoms with E-state index in [1.165, 1.54) is 25.4 Å². The van der Waals surface area contributed by atoms with Crippen molar-refractivity contribution in [3.8, 4) is 17.5 Å². The van der Waals surface area contributed by atoms with Gasteiger partial charge in [-0.25, -0.2) is 9.37 Å². The molecular formula is C25H26ClFN6O2. The van der Waals surface area contributed by atoms with Gasteiger partial charge in [0.25, 0.3) is 5.56 Å². The van der Waals surface area contributed by atoms with E-state index in [1.54, 1.807) is 16.7 Å². The molecule has 0 saturated carbocycles. The Kier molecular flexibility index (Phi) is 9.55. The average molecular weight is 497 g/mol. The van der Waals surface area contributed by atoms with Crippen LogP contribution in [0.5, 0.6) is 5.75 Å². The first kappa shape index (κ1) is 27.1. The second kappa shape index (κ2) is 12.3. The van der Waals surface area contributed by atoms with E-state index in [9.17, 15) is 9.18 Å². The van der Waals surface area contributed by atoms with E-state index in [0.717, 1.165) is 11.1 Å². The molecule has 2 aromatic carbocycles. The monoisotopic (exact) mass is 496 g/mol. The van der Waals surface area contributed by atoms with Gasteiger partial charge in [-0.2, -0.15) is 10.2 Å². The molecule has 2 aromatic heterocycles. The molecule has 10 heteroatoms. The largest absolute Gasteiger partial charge is 0.494 e. The van der Waals surface area contributed by atoms with Crippen LogP contribution in [-0.2, 0) is 6.42 Å². The molecule has 0 radical (unpaired) electrons. The van der Waals surface area contributed by atoms with Gasteiger partial charge in [0.05, 0.1) is 29.4 Å². The number of methoxy groups -OCH3 is 1. The number of benzene rings is 2. The van der Waals surface area contributed by atoms with Crippen molar-refractivity contribution in [2.24, 2.45) is 0 Å². The van der Waals surface area contributed by atoms with Gasteiger partial charge in [0.2, 0.25) is 5.95 Å². The molecular weight excluding hydrogens is 471 g/mol. The third-order valence-corrected chi connectivity index (χ3v) is 5.10. The van der Waals surface area contributed by atoms with Crippen LogP contribution in [0.3, 0.4) is 0 Å². The first-order chi connectivity index (χ1) is 16.8. The summed E-state index contributed by atoms with van der Waals surface area (Å²) in [6.45, 7) is 5.96. The highest BCUT2D eigenvalue weighted by atomic mass is 35.5. The van der Waals surface area contributed by atoms with Gasteiger partial charge in [0, 0.05) is 11.8 Å². The van der Waals surface area contributed by atoms with E-state index in [4.69, 9.17) is 33.1 Å². The highest BCUT2D eigenvalue weighted by Gasteiger charge is 2.14. The van der Waals surface area contributed by atoms with Crippen molar-refractivity contribution in [1.29, 1.82) is 5.26 Å². The molecule has 35 heavy (non-hydrogen) atoms. The Labute approximate surface area is 207 Å². The van der Waals surface area contributed by atoms with Crippen LogP contribution < -0.4 is 21.8 Å². The van der Waals surface area contributed by atoms with Crippen LogP contribution in [-0.4, -0.2) is 21.6 Å². The maximum absolute atomic E-state index is 13.7. The molecule has 2 heterocycles. The summed E-state index contributed by atoms with van der Waals surface area (Å²) in [6.07, 6.45) is 1.94. The number of hydrogen-bond acceptors (Lipinski definition) is 7. The molecule has 0 aliphatic carbocycles. The number of halogens is 2. The number of nitriles is 1. The van der Waals surface area contributed by atoms with E-state index >= 15 is 0 Å². The van der Waals surface area contributed by atoms with Crippen molar-refractivity contribution < 1.29 is 9.13 Å². The second-order valence-corrected chi connectivity index (χ2v) is 7.20. The molecule has 8 nitrogen and oxygen atoms in total. The molecule has 0 saturated heterocycles. The first-order valence-electron chi connectivity index (χ1n) is 10.8. The number of nitrogens with two attached hydrogens (primary N) is 2. The molecule has 0 aliphatic rings. The Balaban J connectivity index is 0.000000302. The van der Waals surface area contributed by atoms with Crippen molar-refractivity contribution >= 4 is 34.1 Å². The van der Waals surface area contributed by atoms with E-state index in [2.05, 4.69) is 9.97 Å². The first-order valence-corrected chi connectivity index (χ1v) is 11.1. The van der Waals surface area contributed by atoms with Crippen molar-refractivity contribution in [3.63, 3.8) is 0 Å². The van der Waals surface area contributed by atoms with Crippen LogP contribution in [0.25, 0.3) is 16.5 Å². The maximum atomic E-state index is 13.7. The number of pyridine rings is 1. The normalized spacial score (nSPS) is 9.86. The SMILES string of the molecule is CC.CCc1cc2cccc(Cl)c2c(=O)n1-c1ccc(F)c(OC)c1.N#Cc1cnc(N)nc1N. The van der Waals surface area contributed by atoms with Crippen LogP contribution in [0.4, 0.5) is 16.2 Å². The topological polar surface area (TPSA) is 133 Å². The standard InChI is InChI=1S/C18H15ClFNO2.C5H5N5.C2H6/c1-3-12-9-11-5-4-6-14(19)17(11)18(22)21(12)13-7-8-15(20)16(10-13)23-2;6-1-3-2-9-5(8)10-4(3)7;1-2/h4-10H,3H2,1-2H3;2H,(H4,7,8,9,10);1-2H3. The van der Waals surface area contributed by atoms with Gasteiger partial charge < -0.3 is 16.2 Å². The van der Waals surface area contributed by atoms with E-state index in [1.807, 2.05) is 45.0 Å². The zero-order valence-electron chi connectivity index (χ0n) is 19.8. The average Bonchev–Trinajstić information content (AvgIpc) is 2.86. The summed E-state index contributed by atoms with van der Waals surface area (Å²) in [5.74, 6) is -0.177. The number of rotatable bonds is 3. The molecule has 0 bridgehead atoms. The predicted octanol–water partition coefficient (Wildman–Crippen LogP) is 4.89. The lowest BCUT2D eigenvalue weighted by atomic mass is 10.1. The lowest BCUT2D eigenvalue weighted by Crippen LogP contribution is -2.22. The minimum absolute atomic E-state index is 0.0801. The van der Waals surface area contributed by atoms with Gasteiger partial charge in [0.1, 0.15) is 17.5 Å². The molecule has 0 amide bonds. The molecule has 0 atom stereocenters. The summed E-state index contributed by atoms with van der Waals surface area (Å²) in [6, 6.07) is 13.5. The number of anilines is 2. The van der Waals surface area contributed by atoms with Gasteiger partial charge >= 0.3 is 0 Å². The minimum atomic E-state index is -0.471. The maximum Gasteiger partial charge on any atom is 0.264 e. The summed E-state index contributed by atoms with van der Waals surface area (Å²) >= 11 is 6.20. The quantitative estimate of drug-likeness (QED) is 0.412. The Morgan fingerprint density at radius 2 is 1.91 bits per heavy atom. The Bertz CT molecular complexity index is 1430. The van der Waals surface area contributed by atoms with E-state index < -0.39 is 5.82 Å². The fraction of sp³-hybridized carbons (Fsp3) is 0.200. The smallest absolute Gasteiger partial charge is 0.264 e. The molecule has 0 spiro atoms. The Morgan fingerprint density at radius 3 is 2.51 bits per heavy atom. The molecule has 0 unspecified atom stereocenters. The third-order valence-electron chi connectivity index (χ3n) is 4.78. The fourth-order valence-corrected chi connectivity index (χ4v) is 3.46. The zero-order valence-corrected chi connectivity index (χ0v) is 20.6. The molecule has 4 rings (SSSR count). The van der Waals surface area contributed by atoms with Crippen LogP contribution in [0.15, 0.2) is 53.5 Å². The van der Waals surface area contributed by atoms with Crippen molar-refractivity contribution in [3.05, 3.63) is 81.1 Å². The summed E-state index contributed by atoms with van der Waals surface area (Å²) in [4.78, 5) is 20.1. The highest BCUT2D eigenvalue weighted by Crippen LogP contribution is 2.25. The van der Waals surface area contributed by atoms with Crippen LogP contribution in [0, 0.1) is 17.1 Å². The number of aryl methyl sites for hydroxylation is 1. The predicted molar refractivity (Wildman–Crippen MR) is 137 cm³/mol. The van der Waals surface area contributed by atoms with Crippen molar-refractivity contribution in [2.45, 2.75) is 27.2 Å². The third kappa shape index (κ3) is 6.05. The number of fused-ring (bicyclic) bond motifs is 1. The van der Waals surface area contributed by atoms with Crippen LogP contribution >= 0.6 is 11.6 Å². The number of ether oxygens (including phenoxy) is 1. The van der Waals surface area contributed by atoms with Gasteiger partial charge in [0.15, 0.2) is 11.6 Å². The second-order valence-electron chi connectivity index (χ2n) is 6.79. The van der Waals surface area contributed by atoms with Gasteiger partial charge in [-0.15, -0.1) is 0 Å². The number of aromatic nitrogens is 3. The Hall–Kier alpha value is -4.16. The fourth-order valence-electron chi connectivity index (χ4n) is 3.20. The van der Waals surface area contributed by atoms with Crippen LogP contribution in [0.2, 0.25) is 5.02 Å². The van der Waals surface area contributed by atoms with Crippen molar-refractivity contribution in [1.82, 2.24) is 14.5 Å².